The summed E-state index contributed by atoms with van der Waals surface area (Å²) >= 11 is 0. The molecule has 0 unspecified atom stereocenters. The van der Waals surface area contributed by atoms with E-state index < -0.39 is 0 Å². The Kier molecular flexibility index (Phi) is 694. The third-order valence-electron chi connectivity index (χ3n) is 4.30. The van der Waals surface area contributed by atoms with Gasteiger partial charge in [-0.15, -0.1) is 0 Å². The van der Waals surface area contributed by atoms with Gasteiger partial charge in [-0.2, -0.15) is 0 Å². The standard InChI is InChI=1S/C12H19N.2C7H16.C3H8.5C2H6.2CH4.4CH3.18Y/c1-5-10-8-7-9-11(6-2)12(10)13(3)4;2*1-6(2)5-7(3)4;1-3-2;5*1-2;;;;;;;;;;;;;;;;;;;;;;;;/h7-9H,5-6H2,1-4H3;2*6-7H,5H2,1-4H3;3H2,1-2H3;5*1-2H3;2*1H4;4*1H3;;;;;;;;;;;;;;;;;;/q;;;;;;;;;;;4*-1;;;;;;;;;;;;;;;;;;. The van der Waals surface area contributed by atoms with Crippen molar-refractivity contribution in [1.29, 1.82) is 0 Å². The van der Waals surface area contributed by atoms with Crippen molar-refractivity contribution in [3.63, 3.8) is 0 Å². The molecule has 0 heterocycles. The van der Waals surface area contributed by atoms with E-state index in [0.29, 0.717) is 0 Å². The molecule has 0 amide bonds. The zero-order valence-corrected chi connectivity index (χ0v) is 99.0. The monoisotopic (exact) mass is 2260 g/mol. The minimum atomic E-state index is 0. The first-order valence-electron chi connectivity index (χ1n) is 17.6. The zero-order valence-electron chi connectivity index (χ0n) is 47.9. The molecule has 0 aromatic heterocycles. The van der Waals surface area contributed by atoms with Crippen LogP contribution in [0.1, 0.15) is 198 Å². The molecule has 0 N–H and O–H groups in total. The van der Waals surface area contributed by atoms with Crippen LogP contribution in [0.25, 0.3) is 0 Å². The van der Waals surface area contributed by atoms with E-state index in [-0.39, 0.29) is 633 Å². The second-order valence-electron chi connectivity index (χ2n) is 10.3. The van der Waals surface area contributed by atoms with Gasteiger partial charge in [0.1, 0.15) is 0 Å². The SMILES string of the molecule is C.C.CC.CC.CC.CC.CC.CC(C)CC(C)C.CC(C)CC(C)C.CCC.CCc1cccc(CC)c1N(C)C.[CH3-].[CH3-].[CH3-].[CH3-].[Y].[Y].[Y].[Y].[Y].[Y].[Y].[Y].[Y].[Y].[Y].[Y].[Y].[Y].[Y].[Y].[Y].[Y]. The van der Waals surface area contributed by atoms with Gasteiger partial charge < -0.3 is 34.6 Å². The molecular weight excluding hydrogens is 2150 g/mol. The average Bonchev–Trinajstić information content (AvgIpc) is 2.93. The summed E-state index contributed by atoms with van der Waals surface area (Å²) in [5, 5.41) is 0. The molecule has 0 spiro atoms. The molecule has 352 valence electrons. The molecule has 1 nitrogen and oxygen atoms in total. The van der Waals surface area contributed by atoms with E-state index >= 15 is 0 Å². The van der Waals surface area contributed by atoms with E-state index in [4.69, 9.17) is 0 Å². The van der Waals surface area contributed by atoms with E-state index in [1.54, 1.807) is 0 Å². The largest absolute Gasteiger partial charge is 0.377 e. The maximum atomic E-state index is 2.26. The van der Waals surface area contributed by atoms with Gasteiger partial charge in [0.15, 0.2) is 0 Å². The van der Waals surface area contributed by atoms with Crippen molar-refractivity contribution in [2.24, 2.45) is 23.7 Å². The van der Waals surface area contributed by atoms with Crippen LogP contribution in [-0.2, 0) is 602 Å². The summed E-state index contributed by atoms with van der Waals surface area (Å²) in [6.07, 6.45) is 6.20. The number of rotatable bonds is 7. The van der Waals surface area contributed by atoms with Gasteiger partial charge in [0, 0.05) is 609 Å². The number of hydrogen-bond acceptors (Lipinski definition) is 1. The molecule has 1 aromatic rings. The second-order valence-corrected chi connectivity index (χ2v) is 10.3. The van der Waals surface area contributed by atoms with Gasteiger partial charge in [-0.05, 0) is 60.5 Å². The van der Waals surface area contributed by atoms with E-state index in [0.717, 1.165) is 36.5 Å². The first kappa shape index (κ1) is 215. The van der Waals surface area contributed by atoms with Gasteiger partial charge in [-0.25, -0.2) is 0 Å². The van der Waals surface area contributed by atoms with Crippen LogP contribution in [0.3, 0.4) is 0 Å². The molecule has 0 aliphatic rings. The van der Waals surface area contributed by atoms with Crippen LogP contribution in [0, 0.1) is 53.4 Å². The predicted molar refractivity (Wildman–Crippen MR) is 240 cm³/mol. The number of para-hydroxylation sites is 1. The van der Waals surface area contributed by atoms with Crippen LogP contribution in [-0.4, -0.2) is 14.1 Å². The van der Waals surface area contributed by atoms with E-state index in [2.05, 4.69) is 120 Å². The van der Waals surface area contributed by atoms with Gasteiger partial charge in [-0.1, -0.05) is 192 Å². The number of hydrogen-bond donors (Lipinski definition) is 0. The van der Waals surface area contributed by atoms with E-state index in [1.165, 1.54) is 36.1 Å². The second kappa shape index (κ2) is 207. The van der Waals surface area contributed by atoms with Gasteiger partial charge in [0.25, 0.3) is 0 Å². The molecule has 1 rings (SSSR count). The van der Waals surface area contributed by atoms with Gasteiger partial charge in [-0.3, -0.25) is 0 Å². The first-order valence-corrected chi connectivity index (χ1v) is 17.6. The summed E-state index contributed by atoms with van der Waals surface area (Å²) in [5.41, 5.74) is 4.31. The Balaban J connectivity index is -0.00000000617. The summed E-state index contributed by atoms with van der Waals surface area (Å²) in [6.45, 7) is 46.8. The molecule has 64 heavy (non-hydrogen) atoms. The van der Waals surface area contributed by atoms with Gasteiger partial charge in [0.05, 0.1) is 0 Å². The fraction of sp³-hybridized carbons (Fsp3) is 0.778. The summed E-state index contributed by atoms with van der Waals surface area (Å²) in [4.78, 5) is 2.22. The molecule has 19 heteroatoms. The fourth-order valence-corrected chi connectivity index (χ4v) is 3.68. The minimum absolute atomic E-state index is 0. The number of benzene rings is 1. The van der Waals surface area contributed by atoms with Crippen LogP contribution in [0.2, 0.25) is 0 Å². The molecule has 1 aromatic carbocycles. The third-order valence-corrected chi connectivity index (χ3v) is 4.30. The summed E-state index contributed by atoms with van der Waals surface area (Å²) in [6, 6.07) is 6.59. The van der Waals surface area contributed by atoms with Crippen molar-refractivity contribution in [2.75, 3.05) is 19.0 Å². The van der Waals surface area contributed by atoms with Gasteiger partial charge >= 0.3 is 0 Å². The maximum Gasteiger partial charge on any atom is 0.0425 e. The summed E-state index contributed by atoms with van der Waals surface area (Å²) in [5.74, 6) is 3.50. The molecule has 0 bridgehead atoms. The van der Waals surface area contributed by atoms with Crippen molar-refractivity contribution < 1.29 is 589 Å². The van der Waals surface area contributed by atoms with Crippen LogP contribution >= 0.6 is 0 Å². The Labute approximate surface area is 870 Å². The summed E-state index contributed by atoms with van der Waals surface area (Å²) < 4.78 is 0. The average molecular weight is 2260 g/mol. The molecule has 0 aliphatic heterocycles. The Morgan fingerprint density at radius 3 is 0.531 bits per heavy atom. The molecule has 0 aliphatic carbocycles. The molecule has 18 radical (unpaired) electrons. The number of nitrogens with zero attached hydrogens (tertiary/aromatic N) is 1. The van der Waals surface area contributed by atoms with Crippen molar-refractivity contribution in [1.82, 2.24) is 0 Å². The van der Waals surface area contributed by atoms with Crippen LogP contribution in [0.5, 0.6) is 0 Å². The third kappa shape index (κ3) is 216. The first-order chi connectivity index (χ1) is 18.9. The zero-order chi connectivity index (χ0) is 34.3. The van der Waals surface area contributed by atoms with Crippen molar-refractivity contribution in [2.45, 2.75) is 199 Å². The molecular formula is C45H109NY18-4. The number of anilines is 1. The minimum Gasteiger partial charge on any atom is -0.377 e. The maximum absolute atomic E-state index is 2.26. The van der Waals surface area contributed by atoms with Gasteiger partial charge in [0.2, 0.25) is 0 Å². The number of aryl methyl sites for hydroxylation is 2. The molecule has 0 atom stereocenters. The van der Waals surface area contributed by atoms with Crippen molar-refractivity contribution in [3.8, 4) is 0 Å². The quantitative estimate of drug-likeness (QED) is 0.246. The Hall–Kier alpha value is 18.9. The molecule has 0 saturated heterocycles. The van der Waals surface area contributed by atoms with Crippen LogP contribution in [0.15, 0.2) is 18.2 Å². The fourth-order valence-electron chi connectivity index (χ4n) is 3.68. The topological polar surface area (TPSA) is 3.24 Å². The Morgan fingerprint density at radius 2 is 0.469 bits per heavy atom. The molecule has 0 saturated carbocycles. The Bertz CT molecular complexity index is 476. The normalized spacial score (nSPS) is 5.25. The van der Waals surface area contributed by atoms with E-state index in [1.807, 2.05) is 69.2 Å². The molecule has 0 fully saturated rings. The van der Waals surface area contributed by atoms with Crippen molar-refractivity contribution >= 4 is 5.69 Å². The summed E-state index contributed by atoms with van der Waals surface area (Å²) in [7, 11) is 4.24. The van der Waals surface area contributed by atoms with Crippen molar-refractivity contribution in [3.05, 3.63) is 59.0 Å². The van der Waals surface area contributed by atoms with Crippen LogP contribution in [0.4, 0.5) is 5.69 Å². The van der Waals surface area contributed by atoms with Crippen LogP contribution < -0.4 is 4.90 Å². The Morgan fingerprint density at radius 1 is 0.344 bits per heavy atom. The van der Waals surface area contributed by atoms with E-state index in [9.17, 15) is 0 Å². The predicted octanol–water partition coefficient (Wildman–Crippen LogP) is 17.8. The smallest absolute Gasteiger partial charge is 0.0425 e.